The molecule has 5 rings (SSSR count). The highest BCUT2D eigenvalue weighted by Gasteiger charge is 2.52. The lowest BCUT2D eigenvalue weighted by Gasteiger charge is -2.24. The quantitative estimate of drug-likeness (QED) is 0.545. The van der Waals surface area contributed by atoms with E-state index in [2.05, 4.69) is 15.6 Å². The van der Waals surface area contributed by atoms with Crippen molar-refractivity contribution < 1.29 is 22.7 Å². The maximum Gasteiger partial charge on any atom is 0.339 e. The van der Waals surface area contributed by atoms with Crippen molar-refractivity contribution in [2.75, 3.05) is 18.4 Å². The molecular weight excluding hydrogens is 456 g/mol. The number of anilines is 1. The van der Waals surface area contributed by atoms with Crippen LogP contribution in [0.15, 0.2) is 78.0 Å². The van der Waals surface area contributed by atoms with Gasteiger partial charge in [0.15, 0.2) is 5.60 Å². The van der Waals surface area contributed by atoms with Gasteiger partial charge in [0.2, 0.25) is 10.0 Å². The lowest BCUT2D eigenvalue weighted by molar-refractivity contribution is -0.000665. The lowest BCUT2D eigenvalue weighted by atomic mass is 9.92. The summed E-state index contributed by atoms with van der Waals surface area (Å²) >= 11 is 0. The zero-order valence-corrected chi connectivity index (χ0v) is 18.9. The van der Waals surface area contributed by atoms with E-state index in [0.29, 0.717) is 24.2 Å². The SMILES string of the molecule is O=C(NCc1cccnc1)Nc1ccc(S(=O)(=O)N2CC[C@@]3(C2)OC(=O)c2ccccc23)cc1. The van der Waals surface area contributed by atoms with E-state index < -0.39 is 27.6 Å². The largest absolute Gasteiger partial charge is 0.449 e. The molecule has 0 saturated carbocycles. The molecule has 3 aromatic rings. The van der Waals surface area contributed by atoms with Gasteiger partial charge in [0.25, 0.3) is 0 Å². The normalized spacial score (nSPS) is 19.6. The number of rotatable bonds is 5. The van der Waals surface area contributed by atoms with E-state index in [9.17, 15) is 18.0 Å². The van der Waals surface area contributed by atoms with E-state index in [0.717, 1.165) is 11.1 Å². The van der Waals surface area contributed by atoms with Gasteiger partial charge in [-0.2, -0.15) is 4.31 Å². The number of urea groups is 1. The minimum Gasteiger partial charge on any atom is -0.449 e. The molecule has 10 heteroatoms. The van der Waals surface area contributed by atoms with E-state index in [1.807, 2.05) is 18.2 Å². The van der Waals surface area contributed by atoms with Gasteiger partial charge < -0.3 is 15.4 Å². The smallest absolute Gasteiger partial charge is 0.339 e. The van der Waals surface area contributed by atoms with Crippen LogP contribution in [0.3, 0.4) is 0 Å². The van der Waals surface area contributed by atoms with E-state index in [1.165, 1.54) is 28.6 Å². The number of hydrogen-bond acceptors (Lipinski definition) is 6. The molecule has 1 fully saturated rings. The Kier molecular flexibility index (Phi) is 5.54. The molecule has 0 radical (unpaired) electrons. The van der Waals surface area contributed by atoms with Crippen LogP contribution >= 0.6 is 0 Å². The monoisotopic (exact) mass is 478 g/mol. The number of esters is 1. The molecule has 1 saturated heterocycles. The molecule has 9 nitrogen and oxygen atoms in total. The van der Waals surface area contributed by atoms with Crippen molar-refractivity contribution in [1.29, 1.82) is 0 Å². The first-order valence-corrected chi connectivity index (χ1v) is 12.2. The molecule has 2 N–H and O–H groups in total. The van der Waals surface area contributed by atoms with Crippen LogP contribution in [0.2, 0.25) is 0 Å². The predicted molar refractivity (Wildman–Crippen MR) is 123 cm³/mol. The Balaban J connectivity index is 1.25. The summed E-state index contributed by atoms with van der Waals surface area (Å²) in [6.07, 6.45) is 3.71. The van der Waals surface area contributed by atoms with Crippen LogP contribution < -0.4 is 10.6 Å². The average molecular weight is 479 g/mol. The Morgan fingerprint density at radius 2 is 1.88 bits per heavy atom. The number of nitrogens with one attached hydrogen (secondary N) is 2. The number of benzene rings is 2. The first-order valence-electron chi connectivity index (χ1n) is 10.7. The third-order valence-corrected chi connectivity index (χ3v) is 7.91. The molecule has 2 amide bonds. The summed E-state index contributed by atoms with van der Waals surface area (Å²) in [5.41, 5.74) is 1.58. The Labute approximate surface area is 196 Å². The van der Waals surface area contributed by atoms with Gasteiger partial charge in [0.05, 0.1) is 17.0 Å². The Bertz CT molecular complexity index is 1350. The van der Waals surface area contributed by atoms with Crippen molar-refractivity contribution in [1.82, 2.24) is 14.6 Å². The summed E-state index contributed by atoms with van der Waals surface area (Å²) in [4.78, 5) is 28.5. The van der Waals surface area contributed by atoms with Crippen molar-refractivity contribution in [3.63, 3.8) is 0 Å². The summed E-state index contributed by atoms with van der Waals surface area (Å²) in [7, 11) is -3.81. The van der Waals surface area contributed by atoms with Crippen LogP contribution in [0, 0.1) is 0 Å². The first kappa shape index (κ1) is 22.1. The van der Waals surface area contributed by atoms with Crippen LogP contribution in [0.4, 0.5) is 10.5 Å². The highest BCUT2D eigenvalue weighted by Crippen LogP contribution is 2.44. The van der Waals surface area contributed by atoms with Gasteiger partial charge in [-0.3, -0.25) is 4.98 Å². The molecule has 3 heterocycles. The fraction of sp³-hybridized carbons (Fsp3) is 0.208. The number of sulfonamides is 1. The average Bonchev–Trinajstić information content (AvgIpc) is 3.41. The predicted octanol–water partition coefficient (Wildman–Crippen LogP) is 2.86. The van der Waals surface area contributed by atoms with Gasteiger partial charge in [-0.15, -0.1) is 0 Å². The number of pyridine rings is 1. The number of hydrogen-bond donors (Lipinski definition) is 2. The molecular formula is C24H22N4O5S. The minimum atomic E-state index is -3.81. The van der Waals surface area contributed by atoms with Gasteiger partial charge in [-0.25, -0.2) is 18.0 Å². The highest BCUT2D eigenvalue weighted by atomic mass is 32.2. The van der Waals surface area contributed by atoms with Gasteiger partial charge in [0, 0.05) is 43.2 Å². The van der Waals surface area contributed by atoms with Gasteiger partial charge in [0.1, 0.15) is 0 Å². The van der Waals surface area contributed by atoms with E-state index in [-0.39, 0.29) is 18.0 Å². The topological polar surface area (TPSA) is 118 Å². The highest BCUT2D eigenvalue weighted by molar-refractivity contribution is 7.89. The van der Waals surface area contributed by atoms with E-state index in [1.54, 1.807) is 30.6 Å². The number of ether oxygens (including phenoxy) is 1. The maximum absolute atomic E-state index is 13.2. The fourth-order valence-corrected chi connectivity index (χ4v) is 5.81. The molecule has 0 unspecified atom stereocenters. The first-order chi connectivity index (χ1) is 16.4. The molecule has 1 spiro atoms. The van der Waals surface area contributed by atoms with Crippen LogP contribution in [0.25, 0.3) is 0 Å². The second-order valence-electron chi connectivity index (χ2n) is 8.21. The number of carbonyl (C=O) groups is 2. The van der Waals surface area contributed by atoms with Crippen LogP contribution in [-0.4, -0.2) is 42.8 Å². The van der Waals surface area contributed by atoms with Crippen LogP contribution in [0.5, 0.6) is 0 Å². The third kappa shape index (κ3) is 4.02. The van der Waals surface area contributed by atoms with E-state index in [4.69, 9.17) is 4.74 Å². The molecule has 174 valence electrons. The molecule has 2 aromatic carbocycles. The van der Waals surface area contributed by atoms with Crippen LogP contribution in [0.1, 0.15) is 27.9 Å². The van der Waals surface area contributed by atoms with Crippen LogP contribution in [-0.2, 0) is 26.9 Å². The third-order valence-electron chi connectivity index (χ3n) is 6.05. The molecule has 1 atom stereocenters. The molecule has 1 aromatic heterocycles. The number of nitrogens with zero attached hydrogens (tertiary/aromatic N) is 2. The van der Waals surface area contributed by atoms with E-state index >= 15 is 0 Å². The van der Waals surface area contributed by atoms with Gasteiger partial charge in [-0.1, -0.05) is 24.3 Å². The summed E-state index contributed by atoms with van der Waals surface area (Å²) in [5.74, 6) is -0.424. The van der Waals surface area contributed by atoms with Crippen molar-refractivity contribution >= 4 is 27.7 Å². The second kappa shape index (κ2) is 8.54. The molecule has 2 aliphatic heterocycles. The molecule has 2 aliphatic rings. The Morgan fingerprint density at radius 3 is 2.65 bits per heavy atom. The number of amides is 2. The van der Waals surface area contributed by atoms with Gasteiger partial charge >= 0.3 is 12.0 Å². The van der Waals surface area contributed by atoms with Crippen molar-refractivity contribution in [3.8, 4) is 0 Å². The lowest BCUT2D eigenvalue weighted by Crippen LogP contribution is -2.34. The molecule has 0 bridgehead atoms. The number of fused-ring (bicyclic) bond motifs is 2. The summed E-state index contributed by atoms with van der Waals surface area (Å²) < 4.78 is 33.5. The zero-order valence-electron chi connectivity index (χ0n) is 18.1. The van der Waals surface area contributed by atoms with Crippen molar-refractivity contribution in [2.24, 2.45) is 0 Å². The van der Waals surface area contributed by atoms with Gasteiger partial charge in [-0.05, 0) is 42.0 Å². The summed E-state index contributed by atoms with van der Waals surface area (Å²) in [6.45, 7) is 0.617. The van der Waals surface area contributed by atoms with Crippen molar-refractivity contribution in [3.05, 3.63) is 89.7 Å². The minimum absolute atomic E-state index is 0.0643. The molecule has 34 heavy (non-hydrogen) atoms. The van der Waals surface area contributed by atoms with Crippen molar-refractivity contribution in [2.45, 2.75) is 23.5 Å². The summed E-state index contributed by atoms with van der Waals surface area (Å²) in [6, 6.07) is 16.3. The Hall–Kier alpha value is -3.76. The number of aromatic nitrogens is 1. The second-order valence-corrected chi connectivity index (χ2v) is 10.1. The maximum atomic E-state index is 13.2. The standard InChI is InChI=1S/C24H22N4O5S/c29-22-20-5-1-2-6-21(20)24(33-22)11-13-28(16-24)34(31,32)19-9-7-18(8-10-19)27-23(30)26-15-17-4-3-12-25-14-17/h1-10,12,14H,11,13,15-16H2,(H2,26,27,30)/t24-/m0/s1. The zero-order chi connectivity index (χ0) is 23.8. The molecule has 0 aliphatic carbocycles. The Morgan fingerprint density at radius 1 is 1.09 bits per heavy atom. The fourth-order valence-electron chi connectivity index (χ4n) is 4.32. The summed E-state index contributed by atoms with van der Waals surface area (Å²) in [5, 5.41) is 5.40. The number of carbonyl (C=O) groups excluding carboxylic acids is 2.